The van der Waals surface area contributed by atoms with Crippen molar-refractivity contribution in [1.29, 1.82) is 5.26 Å². The minimum absolute atomic E-state index is 0.330. The summed E-state index contributed by atoms with van der Waals surface area (Å²) >= 11 is 0. The zero-order valence-electron chi connectivity index (χ0n) is 5.71. The highest BCUT2D eigenvalue weighted by Gasteiger charge is 2.22. The quantitative estimate of drug-likeness (QED) is 0.432. The number of aldehydes is 1. The van der Waals surface area contributed by atoms with E-state index in [0.717, 1.165) is 0 Å². The Balaban J connectivity index is 4.49. The first-order valence-corrected chi connectivity index (χ1v) is 2.86. The second kappa shape index (κ2) is 3.62. The number of rotatable bonds is 4. The van der Waals surface area contributed by atoms with Gasteiger partial charge in [-0.15, -0.1) is 13.2 Å². The number of hydrogen-bond acceptors (Lipinski definition) is 2. The average Bonchev–Trinajstić information content (AvgIpc) is 2.01. The molecular weight excluding hydrogens is 126 g/mol. The van der Waals surface area contributed by atoms with E-state index in [1.165, 1.54) is 12.2 Å². The van der Waals surface area contributed by atoms with E-state index in [9.17, 15) is 4.79 Å². The lowest BCUT2D eigenvalue weighted by molar-refractivity contribution is -0.112. The summed E-state index contributed by atoms with van der Waals surface area (Å²) in [4.78, 5) is 10.3. The van der Waals surface area contributed by atoms with Crippen LogP contribution in [0.2, 0.25) is 0 Å². The third-order valence-corrected chi connectivity index (χ3v) is 1.26. The van der Waals surface area contributed by atoms with E-state index in [-0.39, 0.29) is 0 Å². The van der Waals surface area contributed by atoms with Gasteiger partial charge in [-0.25, -0.2) is 0 Å². The number of carbonyl (C=O) groups is 1. The van der Waals surface area contributed by atoms with Crippen molar-refractivity contribution in [3.8, 4) is 6.07 Å². The van der Waals surface area contributed by atoms with E-state index in [1.807, 2.05) is 6.07 Å². The molecule has 0 amide bonds. The second-order valence-electron chi connectivity index (χ2n) is 1.97. The van der Waals surface area contributed by atoms with Crippen LogP contribution in [0.15, 0.2) is 25.3 Å². The molecule has 0 aliphatic carbocycles. The highest BCUT2D eigenvalue weighted by Crippen LogP contribution is 2.18. The molecular formula is C8H9NO. The molecule has 0 rings (SSSR count). The van der Waals surface area contributed by atoms with Crippen molar-refractivity contribution in [2.24, 2.45) is 5.41 Å². The molecule has 0 aromatic heterocycles. The Hall–Kier alpha value is -1.36. The number of nitrogens with zero attached hydrogens (tertiary/aromatic N) is 1. The van der Waals surface area contributed by atoms with Crippen LogP contribution in [0.25, 0.3) is 0 Å². The van der Waals surface area contributed by atoms with Crippen LogP contribution in [0.3, 0.4) is 0 Å². The number of allylic oxidation sites excluding steroid dienone is 2. The molecule has 2 heteroatoms. The van der Waals surface area contributed by atoms with Crippen molar-refractivity contribution in [2.45, 2.75) is 6.42 Å². The largest absolute Gasteiger partial charge is 0.301 e. The fourth-order valence-corrected chi connectivity index (χ4v) is 0.536. The Kier molecular flexibility index (Phi) is 3.13. The number of nitriles is 1. The summed E-state index contributed by atoms with van der Waals surface area (Å²) in [5.41, 5.74) is -1.05. The molecule has 0 aliphatic heterocycles. The zero-order chi connectivity index (χ0) is 8.04. The maximum absolute atomic E-state index is 10.3. The maximum atomic E-state index is 10.3. The van der Waals surface area contributed by atoms with Gasteiger partial charge in [0.05, 0.1) is 6.07 Å². The van der Waals surface area contributed by atoms with Crippen LogP contribution in [-0.4, -0.2) is 6.29 Å². The van der Waals surface area contributed by atoms with E-state index < -0.39 is 5.41 Å². The van der Waals surface area contributed by atoms with Crippen LogP contribution in [0, 0.1) is 16.7 Å². The zero-order valence-corrected chi connectivity index (χ0v) is 5.71. The Morgan fingerprint density at radius 1 is 1.60 bits per heavy atom. The van der Waals surface area contributed by atoms with E-state index >= 15 is 0 Å². The smallest absolute Gasteiger partial charge is 0.144 e. The molecule has 0 aromatic rings. The molecule has 0 N–H and O–H groups in total. The predicted octanol–water partition coefficient (Wildman–Crippen LogP) is 1.46. The summed E-state index contributed by atoms with van der Waals surface area (Å²) in [7, 11) is 0. The van der Waals surface area contributed by atoms with Gasteiger partial charge in [0.25, 0.3) is 0 Å². The molecule has 0 aliphatic rings. The van der Waals surface area contributed by atoms with Crippen LogP contribution in [0.4, 0.5) is 0 Å². The Morgan fingerprint density at radius 3 is 2.30 bits per heavy atom. The van der Waals surface area contributed by atoms with Crippen LogP contribution in [-0.2, 0) is 4.79 Å². The van der Waals surface area contributed by atoms with Crippen LogP contribution >= 0.6 is 0 Å². The molecule has 0 spiro atoms. The fraction of sp³-hybridized carbons (Fsp3) is 0.250. The molecule has 0 saturated heterocycles. The summed E-state index contributed by atoms with van der Waals surface area (Å²) in [6, 6.07) is 1.86. The molecule has 0 bridgehead atoms. The Labute approximate surface area is 60.5 Å². The van der Waals surface area contributed by atoms with Crippen molar-refractivity contribution in [2.75, 3.05) is 0 Å². The monoisotopic (exact) mass is 135 g/mol. The van der Waals surface area contributed by atoms with Gasteiger partial charge in [0.1, 0.15) is 11.7 Å². The molecule has 1 atom stereocenters. The molecule has 0 heterocycles. The predicted molar refractivity (Wildman–Crippen MR) is 39.1 cm³/mol. The van der Waals surface area contributed by atoms with Crippen molar-refractivity contribution >= 4 is 6.29 Å². The average molecular weight is 135 g/mol. The van der Waals surface area contributed by atoms with Crippen molar-refractivity contribution in [3.05, 3.63) is 25.3 Å². The minimum Gasteiger partial charge on any atom is -0.301 e. The van der Waals surface area contributed by atoms with E-state index in [2.05, 4.69) is 13.2 Å². The van der Waals surface area contributed by atoms with Gasteiger partial charge in [-0.05, 0) is 6.42 Å². The SMILES string of the molecule is C=CCC(C#N)(C=C)C=O. The lowest BCUT2D eigenvalue weighted by Gasteiger charge is -2.09. The topological polar surface area (TPSA) is 40.9 Å². The molecule has 0 fully saturated rings. The van der Waals surface area contributed by atoms with Crippen molar-refractivity contribution in [1.82, 2.24) is 0 Å². The van der Waals surface area contributed by atoms with Crippen LogP contribution in [0.5, 0.6) is 0 Å². The van der Waals surface area contributed by atoms with Crippen LogP contribution < -0.4 is 0 Å². The van der Waals surface area contributed by atoms with Gasteiger partial charge in [0.2, 0.25) is 0 Å². The summed E-state index contributed by atoms with van der Waals surface area (Å²) < 4.78 is 0. The normalized spacial score (nSPS) is 14.3. The van der Waals surface area contributed by atoms with E-state index in [1.54, 1.807) is 0 Å². The number of carbonyl (C=O) groups excluding carboxylic acids is 1. The highest BCUT2D eigenvalue weighted by molar-refractivity contribution is 5.67. The summed E-state index contributed by atoms with van der Waals surface area (Å²) in [5, 5.41) is 8.51. The van der Waals surface area contributed by atoms with Gasteiger partial charge in [0.15, 0.2) is 0 Å². The first-order valence-electron chi connectivity index (χ1n) is 2.86. The minimum atomic E-state index is -1.05. The fourth-order valence-electron chi connectivity index (χ4n) is 0.536. The molecule has 10 heavy (non-hydrogen) atoms. The summed E-state index contributed by atoms with van der Waals surface area (Å²) in [6.07, 6.45) is 3.78. The van der Waals surface area contributed by atoms with Gasteiger partial charge in [0, 0.05) is 0 Å². The van der Waals surface area contributed by atoms with Gasteiger partial charge in [-0.3, -0.25) is 0 Å². The summed E-state index contributed by atoms with van der Waals surface area (Å²) in [5.74, 6) is 0. The first kappa shape index (κ1) is 8.64. The lowest BCUT2D eigenvalue weighted by atomic mass is 9.88. The van der Waals surface area contributed by atoms with Gasteiger partial charge < -0.3 is 4.79 Å². The molecule has 0 radical (unpaired) electrons. The molecule has 2 nitrogen and oxygen atoms in total. The molecule has 0 aromatic carbocycles. The van der Waals surface area contributed by atoms with E-state index in [4.69, 9.17) is 5.26 Å². The third-order valence-electron chi connectivity index (χ3n) is 1.26. The van der Waals surface area contributed by atoms with E-state index in [0.29, 0.717) is 12.7 Å². The highest BCUT2D eigenvalue weighted by atomic mass is 16.1. The summed E-state index contributed by atoms with van der Waals surface area (Å²) in [6.45, 7) is 6.82. The Morgan fingerprint density at radius 2 is 2.20 bits per heavy atom. The van der Waals surface area contributed by atoms with Gasteiger partial charge >= 0.3 is 0 Å². The first-order chi connectivity index (χ1) is 4.74. The standard InChI is InChI=1S/C8H9NO/c1-3-5-8(4-2,6-9)7-10/h3-4,7H,1-2,5H2. The van der Waals surface area contributed by atoms with Gasteiger partial charge in [-0.2, -0.15) is 5.26 Å². The maximum Gasteiger partial charge on any atom is 0.144 e. The van der Waals surface area contributed by atoms with Crippen molar-refractivity contribution in [3.63, 3.8) is 0 Å². The van der Waals surface area contributed by atoms with Gasteiger partial charge in [-0.1, -0.05) is 12.2 Å². The van der Waals surface area contributed by atoms with Crippen LogP contribution in [0.1, 0.15) is 6.42 Å². The second-order valence-corrected chi connectivity index (χ2v) is 1.97. The molecule has 0 saturated carbocycles. The third kappa shape index (κ3) is 1.56. The number of hydrogen-bond donors (Lipinski definition) is 0. The Bertz CT molecular complexity index is 180. The van der Waals surface area contributed by atoms with Crippen molar-refractivity contribution < 1.29 is 4.79 Å². The molecule has 1 unspecified atom stereocenters. The molecule has 52 valence electrons. The lowest BCUT2D eigenvalue weighted by Crippen LogP contribution is -2.15.